The highest BCUT2D eigenvalue weighted by molar-refractivity contribution is 5.85. The maximum atomic E-state index is 13.1. The number of hydrogen-bond acceptors (Lipinski definition) is 6. The molecular weight excluding hydrogens is 346 g/mol. The third kappa shape index (κ3) is 4.47. The van der Waals surface area contributed by atoms with Crippen LogP contribution in [0, 0.1) is 0 Å². The lowest BCUT2D eigenvalue weighted by Gasteiger charge is -2.41. The molecule has 2 saturated heterocycles. The number of ether oxygens (including phenoxy) is 3. The molecule has 1 amide bonds. The van der Waals surface area contributed by atoms with Gasteiger partial charge < -0.3 is 29.7 Å². The van der Waals surface area contributed by atoms with Crippen molar-refractivity contribution in [2.75, 3.05) is 52.8 Å². The van der Waals surface area contributed by atoms with Gasteiger partial charge >= 0.3 is 0 Å². The molecule has 0 aliphatic carbocycles. The number of carbonyl (C=O) groups excluding carboxylic acids is 1. The van der Waals surface area contributed by atoms with Crippen LogP contribution in [0.15, 0.2) is 18.2 Å². The number of rotatable bonds is 6. The highest BCUT2D eigenvalue weighted by Gasteiger charge is 2.43. The lowest BCUT2D eigenvalue weighted by Crippen LogP contribution is -2.57. The van der Waals surface area contributed by atoms with Crippen LogP contribution in [0.5, 0.6) is 11.5 Å². The van der Waals surface area contributed by atoms with Gasteiger partial charge in [-0.15, -0.1) is 0 Å². The van der Waals surface area contributed by atoms with Crippen molar-refractivity contribution in [3.63, 3.8) is 0 Å². The molecule has 7 heteroatoms. The molecule has 2 fully saturated rings. The summed E-state index contributed by atoms with van der Waals surface area (Å²) >= 11 is 0. The summed E-state index contributed by atoms with van der Waals surface area (Å²) in [6.45, 7) is 3.15. The van der Waals surface area contributed by atoms with Gasteiger partial charge in [0.1, 0.15) is 17.1 Å². The van der Waals surface area contributed by atoms with E-state index in [0.29, 0.717) is 6.04 Å². The summed E-state index contributed by atoms with van der Waals surface area (Å²) in [6.07, 6.45) is 3.29. The summed E-state index contributed by atoms with van der Waals surface area (Å²) < 4.78 is 16.4. The fourth-order valence-electron chi connectivity index (χ4n) is 3.98. The number of carbonyl (C=O) groups is 1. The molecule has 2 aliphatic heterocycles. The number of amides is 1. The Morgan fingerprint density at radius 2 is 1.67 bits per heavy atom. The number of anilines is 1. The van der Waals surface area contributed by atoms with Crippen molar-refractivity contribution in [3.05, 3.63) is 18.2 Å². The van der Waals surface area contributed by atoms with Gasteiger partial charge in [0.2, 0.25) is 0 Å². The second-order valence-electron chi connectivity index (χ2n) is 7.26. The lowest BCUT2D eigenvalue weighted by atomic mass is 9.89. The zero-order valence-corrected chi connectivity index (χ0v) is 16.5. The summed E-state index contributed by atoms with van der Waals surface area (Å²) in [5.74, 6) is 1.67. The summed E-state index contributed by atoms with van der Waals surface area (Å²) in [4.78, 5) is 15.0. The minimum Gasteiger partial charge on any atom is -0.497 e. The molecule has 0 bridgehead atoms. The van der Waals surface area contributed by atoms with Crippen LogP contribution in [0.4, 0.5) is 5.69 Å². The Morgan fingerprint density at radius 3 is 2.19 bits per heavy atom. The zero-order chi connectivity index (χ0) is 19.3. The summed E-state index contributed by atoms with van der Waals surface area (Å²) in [5, 5.41) is 6.86. The first-order valence-corrected chi connectivity index (χ1v) is 9.65. The number of nitrogens with one attached hydrogen (secondary N) is 2. The Balaban J connectivity index is 1.58. The monoisotopic (exact) mass is 377 g/mol. The van der Waals surface area contributed by atoms with E-state index in [2.05, 4.69) is 10.6 Å². The number of benzene rings is 1. The molecule has 0 atom stereocenters. The van der Waals surface area contributed by atoms with Gasteiger partial charge in [0.05, 0.1) is 14.2 Å². The summed E-state index contributed by atoms with van der Waals surface area (Å²) in [6, 6.07) is 6.11. The molecule has 7 nitrogen and oxygen atoms in total. The SMILES string of the molecule is COc1cc(NC2CCN(C(=O)C3(OC)CCNCC3)CC2)cc(OC)c1. The topological polar surface area (TPSA) is 72.1 Å². The molecule has 1 aromatic carbocycles. The van der Waals surface area contributed by atoms with Crippen LogP contribution in [-0.4, -0.2) is 70.0 Å². The van der Waals surface area contributed by atoms with Crippen molar-refractivity contribution in [3.8, 4) is 11.5 Å². The standard InChI is InChI=1S/C20H31N3O4/c1-25-17-12-16(13-18(14-17)26-2)22-15-4-10-23(11-5-15)19(24)20(27-3)6-8-21-9-7-20/h12-15,21-22H,4-11H2,1-3H3. The van der Waals surface area contributed by atoms with E-state index in [1.165, 1.54) is 0 Å². The summed E-state index contributed by atoms with van der Waals surface area (Å²) in [7, 11) is 4.96. The zero-order valence-electron chi connectivity index (χ0n) is 16.5. The van der Waals surface area contributed by atoms with Gasteiger partial charge in [-0.2, -0.15) is 0 Å². The largest absolute Gasteiger partial charge is 0.497 e. The highest BCUT2D eigenvalue weighted by Crippen LogP contribution is 2.29. The van der Waals surface area contributed by atoms with E-state index in [-0.39, 0.29) is 5.91 Å². The fraction of sp³-hybridized carbons (Fsp3) is 0.650. The fourth-order valence-corrected chi connectivity index (χ4v) is 3.98. The number of methoxy groups -OCH3 is 3. The molecular formula is C20H31N3O4. The Kier molecular flexibility index (Phi) is 6.44. The Bertz CT molecular complexity index is 616. The second kappa shape index (κ2) is 8.80. The van der Waals surface area contributed by atoms with Gasteiger partial charge in [0.25, 0.3) is 5.91 Å². The van der Waals surface area contributed by atoms with Crippen LogP contribution in [0.1, 0.15) is 25.7 Å². The third-order valence-corrected chi connectivity index (χ3v) is 5.70. The maximum absolute atomic E-state index is 13.1. The van der Waals surface area contributed by atoms with Crippen LogP contribution >= 0.6 is 0 Å². The summed E-state index contributed by atoms with van der Waals surface area (Å²) in [5.41, 5.74) is 0.328. The molecule has 27 heavy (non-hydrogen) atoms. The van der Waals surface area contributed by atoms with Crippen LogP contribution < -0.4 is 20.1 Å². The molecule has 2 N–H and O–H groups in total. The van der Waals surface area contributed by atoms with Gasteiger partial charge in [-0.25, -0.2) is 0 Å². The first-order chi connectivity index (χ1) is 13.1. The van der Waals surface area contributed by atoms with Crippen molar-refractivity contribution in [2.24, 2.45) is 0 Å². The van der Waals surface area contributed by atoms with E-state index < -0.39 is 5.60 Å². The lowest BCUT2D eigenvalue weighted by molar-refractivity contribution is -0.159. The predicted octanol–water partition coefficient (Wildman–Crippen LogP) is 1.88. The maximum Gasteiger partial charge on any atom is 0.254 e. The van der Waals surface area contributed by atoms with E-state index >= 15 is 0 Å². The van der Waals surface area contributed by atoms with Crippen LogP contribution in [0.3, 0.4) is 0 Å². The second-order valence-corrected chi connectivity index (χ2v) is 7.26. The van der Waals surface area contributed by atoms with E-state index in [1.807, 2.05) is 23.1 Å². The molecule has 0 unspecified atom stereocenters. The average molecular weight is 377 g/mol. The Morgan fingerprint density at radius 1 is 1.07 bits per heavy atom. The molecule has 2 aliphatic rings. The molecule has 1 aromatic rings. The van der Waals surface area contributed by atoms with E-state index in [9.17, 15) is 4.79 Å². The quantitative estimate of drug-likeness (QED) is 0.789. The molecule has 0 spiro atoms. The average Bonchev–Trinajstić information content (AvgIpc) is 2.74. The van der Waals surface area contributed by atoms with Crippen molar-refractivity contribution >= 4 is 11.6 Å². The van der Waals surface area contributed by atoms with Crippen molar-refractivity contribution in [1.29, 1.82) is 0 Å². The van der Waals surface area contributed by atoms with Crippen LogP contribution in [0.2, 0.25) is 0 Å². The van der Waals surface area contributed by atoms with E-state index in [4.69, 9.17) is 14.2 Å². The van der Waals surface area contributed by atoms with Crippen molar-refractivity contribution < 1.29 is 19.0 Å². The minimum atomic E-state index is -0.647. The number of piperidine rings is 2. The van der Waals surface area contributed by atoms with Gasteiger partial charge in [0, 0.05) is 50.1 Å². The van der Waals surface area contributed by atoms with E-state index in [1.54, 1.807) is 21.3 Å². The number of likely N-dealkylation sites (tertiary alicyclic amines) is 1. The predicted molar refractivity (Wildman–Crippen MR) is 105 cm³/mol. The number of hydrogen-bond donors (Lipinski definition) is 2. The third-order valence-electron chi connectivity index (χ3n) is 5.70. The molecule has 0 radical (unpaired) electrons. The Labute approximate surface area is 161 Å². The van der Waals surface area contributed by atoms with Gasteiger partial charge in [-0.3, -0.25) is 4.79 Å². The first-order valence-electron chi connectivity index (χ1n) is 9.65. The smallest absolute Gasteiger partial charge is 0.254 e. The van der Waals surface area contributed by atoms with Gasteiger partial charge in [-0.05, 0) is 38.8 Å². The van der Waals surface area contributed by atoms with E-state index in [0.717, 1.165) is 69.0 Å². The minimum absolute atomic E-state index is 0.146. The van der Waals surface area contributed by atoms with Crippen molar-refractivity contribution in [1.82, 2.24) is 10.2 Å². The molecule has 150 valence electrons. The number of nitrogens with zero attached hydrogens (tertiary/aromatic N) is 1. The van der Waals surface area contributed by atoms with Gasteiger partial charge in [0.15, 0.2) is 0 Å². The van der Waals surface area contributed by atoms with Gasteiger partial charge in [-0.1, -0.05) is 0 Å². The molecule has 0 saturated carbocycles. The molecule has 0 aromatic heterocycles. The van der Waals surface area contributed by atoms with Crippen molar-refractivity contribution in [2.45, 2.75) is 37.3 Å². The first kappa shape index (κ1) is 19.8. The molecule has 2 heterocycles. The molecule has 3 rings (SSSR count). The Hall–Kier alpha value is -1.99. The van der Waals surface area contributed by atoms with Crippen LogP contribution in [-0.2, 0) is 9.53 Å². The van der Waals surface area contributed by atoms with Crippen LogP contribution in [0.25, 0.3) is 0 Å². The normalized spacial score (nSPS) is 20.2. The highest BCUT2D eigenvalue weighted by atomic mass is 16.5.